The van der Waals surface area contributed by atoms with E-state index < -0.39 is 5.97 Å². The molecule has 1 N–H and O–H groups in total. The molecule has 0 saturated carbocycles. The summed E-state index contributed by atoms with van der Waals surface area (Å²) in [6.45, 7) is 2.22. The van der Waals surface area contributed by atoms with Crippen LogP contribution < -0.4 is 3.07 Å². The molecule has 1 aromatic rings. The van der Waals surface area contributed by atoms with E-state index in [0.717, 1.165) is 39.0 Å². The number of carboxylic acid groups (broad SMARTS) is 1. The van der Waals surface area contributed by atoms with Crippen molar-refractivity contribution in [1.29, 1.82) is 0 Å². The van der Waals surface area contributed by atoms with Gasteiger partial charge in [-0.3, -0.25) is 4.79 Å². The van der Waals surface area contributed by atoms with E-state index in [4.69, 9.17) is 5.11 Å². The van der Waals surface area contributed by atoms with Gasteiger partial charge in [0, 0.05) is 6.42 Å². The Bertz CT molecular complexity index is 325. The summed E-state index contributed by atoms with van der Waals surface area (Å²) >= 11 is 0.810. The van der Waals surface area contributed by atoms with Gasteiger partial charge in [-0.05, 0) is 6.42 Å². The summed E-state index contributed by atoms with van der Waals surface area (Å²) in [7, 11) is 0. The Morgan fingerprint density at radius 3 is 1.85 bits per heavy atom. The molecule has 0 spiro atoms. The summed E-state index contributed by atoms with van der Waals surface area (Å²) in [5.74, 6) is -0.661. The van der Waals surface area contributed by atoms with E-state index in [9.17, 15) is 4.79 Å². The van der Waals surface area contributed by atoms with Gasteiger partial charge in [0.05, 0.1) is 0 Å². The van der Waals surface area contributed by atoms with E-state index in [0.29, 0.717) is 6.42 Å². The number of carbonyl (C=O) groups is 1. The van der Waals surface area contributed by atoms with Crippen molar-refractivity contribution in [1.82, 2.24) is 0 Å². The number of aliphatic carboxylic acids is 1. The average Bonchev–Trinajstić information content (AvgIpc) is 2.43. The van der Waals surface area contributed by atoms with Gasteiger partial charge < -0.3 is 5.11 Å². The molecular weight excluding hydrogens is 437 g/mol. The van der Waals surface area contributed by atoms with Gasteiger partial charge in [0.1, 0.15) is 0 Å². The van der Waals surface area contributed by atoms with Crippen molar-refractivity contribution in [3.63, 3.8) is 0 Å². The topological polar surface area (TPSA) is 37.3 Å². The summed E-state index contributed by atoms with van der Waals surface area (Å²) in [4.78, 5) is 10.2. The van der Waals surface area contributed by atoms with Crippen LogP contribution in [0.4, 0.5) is 0 Å². The van der Waals surface area contributed by atoms with Gasteiger partial charge in [0.15, 0.2) is 0 Å². The Morgan fingerprint density at radius 2 is 1.45 bits per heavy atom. The number of hydrogen-bond donors (Lipinski definition) is 1. The molecule has 1 rings (SSSR count). The SMILES string of the molecule is CCCCCCCCCCC(=O)O.[Hg][c]1ccccc1. The molecule has 0 aliphatic carbocycles. The van der Waals surface area contributed by atoms with Crippen LogP contribution in [0, 0.1) is 0 Å². The maximum atomic E-state index is 10.2. The Morgan fingerprint density at radius 1 is 0.950 bits per heavy atom. The monoisotopic (exact) mass is 465 g/mol. The van der Waals surface area contributed by atoms with Crippen LogP contribution in [0.1, 0.15) is 64.7 Å². The van der Waals surface area contributed by atoms with E-state index >= 15 is 0 Å². The van der Waals surface area contributed by atoms with Crippen molar-refractivity contribution in [2.75, 3.05) is 0 Å². The summed E-state index contributed by atoms with van der Waals surface area (Å²) < 4.78 is 1.52. The minimum atomic E-state index is -0.661. The van der Waals surface area contributed by atoms with Crippen molar-refractivity contribution < 1.29 is 36.0 Å². The van der Waals surface area contributed by atoms with Crippen LogP contribution in [0.3, 0.4) is 0 Å². The zero-order chi connectivity index (χ0) is 15.1. The molecule has 2 nitrogen and oxygen atoms in total. The molecule has 0 aliphatic rings. The molecule has 0 unspecified atom stereocenters. The van der Waals surface area contributed by atoms with Crippen LogP contribution >= 0.6 is 0 Å². The zero-order valence-electron chi connectivity index (χ0n) is 12.8. The van der Waals surface area contributed by atoms with Gasteiger partial charge >= 0.3 is 65.5 Å². The van der Waals surface area contributed by atoms with Crippen molar-refractivity contribution in [3.8, 4) is 0 Å². The van der Waals surface area contributed by atoms with Gasteiger partial charge in [-0.15, -0.1) is 0 Å². The van der Waals surface area contributed by atoms with Crippen LogP contribution in [0.5, 0.6) is 0 Å². The van der Waals surface area contributed by atoms with Gasteiger partial charge in [0.2, 0.25) is 0 Å². The Balaban J connectivity index is 0.000000428. The number of unbranched alkanes of at least 4 members (excludes halogenated alkanes) is 7. The van der Waals surface area contributed by atoms with Gasteiger partial charge in [0.25, 0.3) is 0 Å². The molecule has 0 radical (unpaired) electrons. The van der Waals surface area contributed by atoms with Crippen molar-refractivity contribution in [2.45, 2.75) is 64.7 Å². The quantitative estimate of drug-likeness (QED) is 0.433. The molecule has 0 amide bonds. The standard InChI is InChI=1S/C11H22O2.C6H5.Hg/c1-2-3-4-5-6-7-8-9-10-11(12)13;1-2-4-6-5-3-1;/h2-10H2,1H3,(H,12,13);1-5H;. The van der Waals surface area contributed by atoms with Crippen molar-refractivity contribution >= 4 is 9.04 Å². The molecule has 20 heavy (non-hydrogen) atoms. The Labute approximate surface area is 139 Å². The van der Waals surface area contributed by atoms with Crippen LogP contribution in [-0.2, 0) is 30.9 Å². The molecule has 0 bridgehead atoms. The Kier molecular flexibility index (Phi) is 14.7. The van der Waals surface area contributed by atoms with Crippen molar-refractivity contribution in [3.05, 3.63) is 30.3 Å². The molecule has 3 heteroatoms. The van der Waals surface area contributed by atoms with E-state index in [1.165, 1.54) is 41.6 Å². The first-order valence-corrected chi connectivity index (χ1v) is 10.5. The summed E-state index contributed by atoms with van der Waals surface area (Å²) in [6.07, 6.45) is 10.1. The van der Waals surface area contributed by atoms with E-state index in [1.54, 1.807) is 0 Å². The van der Waals surface area contributed by atoms with E-state index in [1.807, 2.05) is 0 Å². The van der Waals surface area contributed by atoms with E-state index in [-0.39, 0.29) is 0 Å². The fourth-order valence-corrected chi connectivity index (χ4v) is 2.95. The van der Waals surface area contributed by atoms with Gasteiger partial charge in [-0.2, -0.15) is 0 Å². The summed E-state index contributed by atoms with van der Waals surface area (Å²) in [6, 6.07) is 10.6. The van der Waals surface area contributed by atoms with Gasteiger partial charge in [-0.25, -0.2) is 0 Å². The second-order valence-electron chi connectivity index (χ2n) is 5.10. The van der Waals surface area contributed by atoms with Crippen LogP contribution in [-0.4, -0.2) is 11.1 Å². The number of rotatable bonds is 9. The van der Waals surface area contributed by atoms with E-state index in [2.05, 4.69) is 37.3 Å². The average molecular weight is 464 g/mol. The zero-order valence-corrected chi connectivity index (χ0v) is 18.3. The fraction of sp³-hybridized carbons (Fsp3) is 0.588. The second kappa shape index (κ2) is 15.0. The molecule has 0 heterocycles. The number of hydrogen-bond acceptors (Lipinski definition) is 1. The first kappa shape index (κ1) is 19.6. The third-order valence-corrected chi connectivity index (χ3v) is 4.92. The molecule has 0 saturated heterocycles. The number of carboxylic acids is 1. The summed E-state index contributed by atoms with van der Waals surface area (Å²) in [5.41, 5.74) is 0. The fourth-order valence-electron chi connectivity index (χ4n) is 1.89. The molecule has 0 aliphatic heterocycles. The van der Waals surface area contributed by atoms with Crippen molar-refractivity contribution in [2.24, 2.45) is 0 Å². The predicted molar refractivity (Wildman–Crippen MR) is 80.9 cm³/mol. The molecular formula is C17H27HgO2. The molecule has 1 aromatic carbocycles. The molecule has 0 fully saturated rings. The minimum absolute atomic E-state index is 0.342. The third kappa shape index (κ3) is 15.7. The second-order valence-corrected chi connectivity index (χ2v) is 8.28. The first-order chi connectivity index (χ1) is 9.66. The maximum absolute atomic E-state index is 10.2. The van der Waals surface area contributed by atoms with Crippen LogP contribution in [0.15, 0.2) is 30.3 Å². The molecule has 0 aromatic heterocycles. The Hall–Kier alpha value is -0.375. The van der Waals surface area contributed by atoms with Gasteiger partial charge in [-0.1, -0.05) is 51.9 Å². The van der Waals surface area contributed by atoms with Crippen LogP contribution in [0.2, 0.25) is 0 Å². The summed E-state index contributed by atoms with van der Waals surface area (Å²) in [5, 5.41) is 8.39. The normalized spacial score (nSPS) is 9.75. The third-order valence-electron chi connectivity index (χ3n) is 3.09. The van der Waals surface area contributed by atoms with Crippen LogP contribution in [0.25, 0.3) is 0 Å². The molecule has 0 atom stereocenters. The molecule has 109 valence electrons. The number of benzene rings is 1. The first-order valence-electron chi connectivity index (χ1n) is 7.75. The predicted octanol–water partition coefficient (Wildman–Crippen LogP) is 4.46.